The molecule has 0 saturated carbocycles. The number of benzene rings is 1. The molecular weight excluding hydrogens is 320 g/mol. The van der Waals surface area contributed by atoms with E-state index in [2.05, 4.69) is 10.1 Å². The summed E-state index contributed by atoms with van der Waals surface area (Å²) in [5.41, 5.74) is 1.51. The number of hydrogen-bond acceptors (Lipinski definition) is 4. The fourth-order valence-corrected chi connectivity index (χ4v) is 2.99. The second kappa shape index (κ2) is 9.20. The van der Waals surface area contributed by atoms with Crippen molar-refractivity contribution in [3.05, 3.63) is 35.4 Å². The molecule has 0 spiro atoms. The lowest BCUT2D eigenvalue weighted by atomic mass is 10.0. The Labute approximate surface area is 148 Å². The lowest BCUT2D eigenvalue weighted by Crippen LogP contribution is -2.49. The molecule has 1 saturated heterocycles. The Morgan fingerprint density at radius 1 is 1.24 bits per heavy atom. The molecule has 0 unspecified atom stereocenters. The molecule has 2 rings (SSSR count). The van der Waals surface area contributed by atoms with Gasteiger partial charge >= 0.3 is 5.97 Å². The molecule has 1 aliphatic rings. The molecule has 1 fully saturated rings. The molecule has 0 aliphatic carbocycles. The lowest BCUT2D eigenvalue weighted by molar-refractivity contribution is -0.133. The summed E-state index contributed by atoms with van der Waals surface area (Å²) in [5.74, 6) is -0.228. The summed E-state index contributed by atoms with van der Waals surface area (Å²) in [6, 6.07) is 7.18. The molecular formula is C19H26N2O4. The summed E-state index contributed by atoms with van der Waals surface area (Å²) in [5, 5.41) is 2.97. The third-order valence-electron chi connectivity index (χ3n) is 4.46. The maximum atomic E-state index is 12.4. The van der Waals surface area contributed by atoms with Crippen molar-refractivity contribution in [3.63, 3.8) is 0 Å². The van der Waals surface area contributed by atoms with Crippen LogP contribution in [0.1, 0.15) is 48.5 Å². The Morgan fingerprint density at radius 3 is 2.60 bits per heavy atom. The van der Waals surface area contributed by atoms with Crippen LogP contribution in [0.3, 0.4) is 0 Å². The van der Waals surface area contributed by atoms with Crippen LogP contribution in [-0.2, 0) is 20.7 Å². The molecule has 0 radical (unpaired) electrons. The number of carbonyl (C=O) groups is 3. The minimum atomic E-state index is -0.365. The van der Waals surface area contributed by atoms with Gasteiger partial charge in [0.15, 0.2) is 0 Å². The van der Waals surface area contributed by atoms with Gasteiger partial charge in [-0.25, -0.2) is 4.79 Å². The number of nitrogens with one attached hydrogen (secondary N) is 1. The van der Waals surface area contributed by atoms with Crippen molar-refractivity contribution >= 4 is 17.8 Å². The SMILES string of the molecule is CCC(=O)N[C@@H]1CCCN(C(=O)CCc2ccc(C(=O)OC)cc2)C1. The Balaban J connectivity index is 1.83. The standard InChI is InChI=1S/C19H26N2O4/c1-3-17(22)20-16-5-4-12-21(13-16)18(23)11-8-14-6-9-15(10-7-14)19(24)25-2/h6-7,9-10,16H,3-5,8,11-13H2,1-2H3,(H,20,22)/t16-/m1/s1. The van der Waals surface area contributed by atoms with Gasteiger partial charge in [-0.2, -0.15) is 0 Å². The molecule has 1 heterocycles. The van der Waals surface area contributed by atoms with Crippen molar-refractivity contribution in [2.45, 2.75) is 45.1 Å². The highest BCUT2D eigenvalue weighted by atomic mass is 16.5. The Hall–Kier alpha value is -2.37. The minimum Gasteiger partial charge on any atom is -0.465 e. The largest absolute Gasteiger partial charge is 0.465 e. The van der Waals surface area contributed by atoms with Crippen molar-refractivity contribution in [1.82, 2.24) is 10.2 Å². The van der Waals surface area contributed by atoms with E-state index in [1.54, 1.807) is 12.1 Å². The third-order valence-corrected chi connectivity index (χ3v) is 4.46. The quantitative estimate of drug-likeness (QED) is 0.799. The Kier molecular flexibility index (Phi) is 6.98. The fourth-order valence-electron chi connectivity index (χ4n) is 2.99. The van der Waals surface area contributed by atoms with Gasteiger partial charge in [0.05, 0.1) is 12.7 Å². The highest BCUT2D eigenvalue weighted by Gasteiger charge is 2.24. The van der Waals surface area contributed by atoms with E-state index in [1.807, 2.05) is 24.0 Å². The molecule has 1 atom stereocenters. The number of likely N-dealkylation sites (tertiary alicyclic amines) is 1. The average Bonchev–Trinajstić information content (AvgIpc) is 2.66. The van der Waals surface area contributed by atoms with Gasteiger partial charge in [0.25, 0.3) is 0 Å². The summed E-state index contributed by atoms with van der Waals surface area (Å²) in [6.07, 6.45) is 3.35. The van der Waals surface area contributed by atoms with Gasteiger partial charge in [-0.1, -0.05) is 19.1 Å². The topological polar surface area (TPSA) is 75.7 Å². The average molecular weight is 346 g/mol. The smallest absolute Gasteiger partial charge is 0.337 e. The summed E-state index contributed by atoms with van der Waals surface area (Å²) in [7, 11) is 1.35. The maximum absolute atomic E-state index is 12.4. The minimum absolute atomic E-state index is 0.0324. The first-order valence-electron chi connectivity index (χ1n) is 8.78. The number of nitrogens with zero attached hydrogens (tertiary/aromatic N) is 1. The van der Waals surface area contributed by atoms with E-state index in [0.29, 0.717) is 31.4 Å². The number of amides is 2. The van der Waals surface area contributed by atoms with Crippen LogP contribution in [0.15, 0.2) is 24.3 Å². The van der Waals surface area contributed by atoms with Crippen LogP contribution in [0.5, 0.6) is 0 Å². The molecule has 1 N–H and O–H groups in total. The number of methoxy groups -OCH3 is 1. The van der Waals surface area contributed by atoms with Gasteiger partial charge in [-0.05, 0) is 37.0 Å². The van der Waals surface area contributed by atoms with Crippen LogP contribution in [0.25, 0.3) is 0 Å². The highest BCUT2D eigenvalue weighted by Crippen LogP contribution is 2.14. The monoisotopic (exact) mass is 346 g/mol. The zero-order chi connectivity index (χ0) is 18.2. The van der Waals surface area contributed by atoms with E-state index in [0.717, 1.165) is 24.9 Å². The van der Waals surface area contributed by atoms with E-state index in [1.165, 1.54) is 7.11 Å². The molecule has 1 aromatic rings. The first kappa shape index (κ1) is 19.0. The Morgan fingerprint density at radius 2 is 1.96 bits per heavy atom. The fraction of sp³-hybridized carbons (Fsp3) is 0.526. The summed E-state index contributed by atoms with van der Waals surface area (Å²) >= 11 is 0. The van der Waals surface area contributed by atoms with E-state index in [-0.39, 0.29) is 23.8 Å². The molecule has 6 nitrogen and oxygen atoms in total. The van der Waals surface area contributed by atoms with Crippen LogP contribution in [0.2, 0.25) is 0 Å². The number of hydrogen-bond donors (Lipinski definition) is 1. The van der Waals surface area contributed by atoms with Crippen molar-refractivity contribution in [2.24, 2.45) is 0 Å². The van der Waals surface area contributed by atoms with Gasteiger partial charge in [0, 0.05) is 32.0 Å². The van der Waals surface area contributed by atoms with Crippen molar-refractivity contribution in [1.29, 1.82) is 0 Å². The van der Waals surface area contributed by atoms with Gasteiger partial charge in [0.2, 0.25) is 11.8 Å². The van der Waals surface area contributed by atoms with E-state index in [9.17, 15) is 14.4 Å². The third kappa shape index (κ3) is 5.59. The van der Waals surface area contributed by atoms with Crippen LogP contribution in [0.4, 0.5) is 0 Å². The van der Waals surface area contributed by atoms with E-state index >= 15 is 0 Å². The first-order valence-corrected chi connectivity index (χ1v) is 8.78. The van der Waals surface area contributed by atoms with Gasteiger partial charge in [-0.3, -0.25) is 9.59 Å². The first-order chi connectivity index (χ1) is 12.0. The number of ether oxygens (including phenoxy) is 1. The summed E-state index contributed by atoms with van der Waals surface area (Å²) < 4.78 is 4.67. The number of aryl methyl sites for hydroxylation is 1. The molecule has 1 aliphatic heterocycles. The van der Waals surface area contributed by atoms with Crippen molar-refractivity contribution in [3.8, 4) is 0 Å². The summed E-state index contributed by atoms with van der Waals surface area (Å²) in [4.78, 5) is 37.2. The van der Waals surface area contributed by atoms with Crippen LogP contribution < -0.4 is 5.32 Å². The highest BCUT2D eigenvalue weighted by molar-refractivity contribution is 5.89. The molecule has 6 heteroatoms. The van der Waals surface area contributed by atoms with Crippen molar-refractivity contribution in [2.75, 3.05) is 20.2 Å². The second-order valence-corrected chi connectivity index (χ2v) is 6.29. The van der Waals surface area contributed by atoms with E-state index in [4.69, 9.17) is 0 Å². The molecule has 136 valence electrons. The number of carbonyl (C=O) groups excluding carboxylic acids is 3. The maximum Gasteiger partial charge on any atom is 0.337 e. The molecule has 0 bridgehead atoms. The molecule has 25 heavy (non-hydrogen) atoms. The number of esters is 1. The van der Waals surface area contributed by atoms with Gasteiger partial charge < -0.3 is 15.0 Å². The normalized spacial score (nSPS) is 17.0. The van der Waals surface area contributed by atoms with Crippen LogP contribution in [0, 0.1) is 0 Å². The van der Waals surface area contributed by atoms with Crippen molar-refractivity contribution < 1.29 is 19.1 Å². The molecule has 1 aromatic carbocycles. The number of rotatable bonds is 6. The van der Waals surface area contributed by atoms with Crippen LogP contribution in [-0.4, -0.2) is 48.9 Å². The molecule has 0 aromatic heterocycles. The predicted molar refractivity (Wildman–Crippen MR) is 94.1 cm³/mol. The van der Waals surface area contributed by atoms with E-state index < -0.39 is 0 Å². The zero-order valence-corrected chi connectivity index (χ0v) is 14.9. The summed E-state index contributed by atoms with van der Waals surface area (Å²) in [6.45, 7) is 3.16. The van der Waals surface area contributed by atoms with Gasteiger partial charge in [0.1, 0.15) is 0 Å². The predicted octanol–water partition coefficient (Wildman–Crippen LogP) is 1.92. The molecule has 2 amide bonds. The lowest BCUT2D eigenvalue weighted by Gasteiger charge is -2.33. The Bertz CT molecular complexity index is 612. The number of piperidine rings is 1. The second-order valence-electron chi connectivity index (χ2n) is 6.29. The van der Waals surface area contributed by atoms with Gasteiger partial charge in [-0.15, -0.1) is 0 Å². The van der Waals surface area contributed by atoms with Crippen LogP contribution >= 0.6 is 0 Å². The zero-order valence-electron chi connectivity index (χ0n) is 14.9.